The summed E-state index contributed by atoms with van der Waals surface area (Å²) in [6.07, 6.45) is 20.2. The van der Waals surface area contributed by atoms with Crippen molar-refractivity contribution >= 4 is 11.6 Å². The van der Waals surface area contributed by atoms with E-state index in [-0.39, 0.29) is 5.41 Å². The zero-order valence-corrected chi connectivity index (χ0v) is 17.0. The maximum Gasteiger partial charge on any atom is 0.0713 e. The van der Waals surface area contributed by atoms with Gasteiger partial charge in [-0.1, -0.05) is 55.7 Å². The normalized spacial score (nSPS) is 18.1. The van der Waals surface area contributed by atoms with Crippen LogP contribution >= 0.6 is 11.6 Å². The lowest BCUT2D eigenvalue weighted by Gasteiger charge is -2.36. The highest BCUT2D eigenvalue weighted by atomic mass is 35.5. The summed E-state index contributed by atoms with van der Waals surface area (Å²) in [6.45, 7) is 11.6. The predicted molar refractivity (Wildman–Crippen MR) is 112 cm³/mol. The van der Waals surface area contributed by atoms with Crippen LogP contribution in [0.3, 0.4) is 0 Å². The van der Waals surface area contributed by atoms with Gasteiger partial charge in [-0.25, -0.2) is 0 Å². The van der Waals surface area contributed by atoms with Gasteiger partial charge < -0.3 is 10.1 Å². The van der Waals surface area contributed by atoms with Crippen molar-refractivity contribution in [2.75, 3.05) is 26.3 Å². The number of allylic oxidation sites excluding steroid dienone is 6. The van der Waals surface area contributed by atoms with E-state index in [1.165, 1.54) is 5.57 Å². The van der Waals surface area contributed by atoms with Crippen LogP contribution in [0, 0.1) is 17.8 Å². The summed E-state index contributed by atoms with van der Waals surface area (Å²) in [6, 6.07) is 0. The first-order chi connectivity index (χ1) is 12.2. The monoisotopic (exact) mass is 363 g/mol. The van der Waals surface area contributed by atoms with Crippen molar-refractivity contribution in [1.29, 1.82) is 0 Å². The molecule has 2 nitrogen and oxygen atoms in total. The van der Waals surface area contributed by atoms with Gasteiger partial charge in [0.05, 0.1) is 13.2 Å². The minimum absolute atomic E-state index is 0.184. The molecule has 0 unspecified atom stereocenters. The molecule has 1 rings (SSSR count). The van der Waals surface area contributed by atoms with Gasteiger partial charge in [0, 0.05) is 11.1 Å². The molecule has 1 aliphatic heterocycles. The van der Waals surface area contributed by atoms with E-state index < -0.39 is 0 Å². The number of nitrogens with one attached hydrogen (secondary N) is 1. The summed E-state index contributed by atoms with van der Waals surface area (Å²) in [4.78, 5) is 0. The second kappa shape index (κ2) is 15.0. The largest absolute Gasteiger partial charge is 0.376 e. The molecule has 0 spiro atoms. The van der Waals surface area contributed by atoms with Crippen molar-refractivity contribution in [3.05, 3.63) is 47.1 Å². The van der Waals surface area contributed by atoms with Crippen LogP contribution in [0.4, 0.5) is 0 Å². The molecule has 1 N–H and O–H groups in total. The fourth-order valence-corrected chi connectivity index (χ4v) is 2.89. The topological polar surface area (TPSA) is 21.3 Å². The van der Waals surface area contributed by atoms with E-state index in [1.54, 1.807) is 6.08 Å². The van der Waals surface area contributed by atoms with Crippen molar-refractivity contribution in [1.82, 2.24) is 5.32 Å². The lowest BCUT2D eigenvalue weighted by atomic mass is 9.77. The molecule has 140 valence electrons. The number of terminal acetylenes is 1. The summed E-state index contributed by atoms with van der Waals surface area (Å²) in [5.41, 5.74) is 1.40. The molecule has 0 aliphatic carbocycles. The number of halogens is 1. The predicted octanol–water partition coefficient (Wildman–Crippen LogP) is 5.62. The third kappa shape index (κ3) is 10.3. The van der Waals surface area contributed by atoms with E-state index in [9.17, 15) is 0 Å². The third-order valence-corrected chi connectivity index (χ3v) is 4.38. The van der Waals surface area contributed by atoms with E-state index in [0.717, 1.165) is 39.0 Å². The van der Waals surface area contributed by atoms with E-state index in [2.05, 4.69) is 29.5 Å². The Hall–Kier alpha value is -1.27. The first kappa shape index (κ1) is 23.7. The SMILES string of the molecule is C#C/C=C(Cl)\C=C/CC1(COCC(/C=C\C)=C/C)CCNCC1.CC. The molecule has 1 fully saturated rings. The number of ether oxygens (including phenoxy) is 1. The molecule has 0 bridgehead atoms. The molecule has 25 heavy (non-hydrogen) atoms. The van der Waals surface area contributed by atoms with Gasteiger partial charge in [0.1, 0.15) is 0 Å². The summed E-state index contributed by atoms with van der Waals surface area (Å²) in [7, 11) is 0. The Bertz CT molecular complexity index is 503. The average molecular weight is 364 g/mol. The highest BCUT2D eigenvalue weighted by Crippen LogP contribution is 2.34. The van der Waals surface area contributed by atoms with Crippen molar-refractivity contribution in [3.8, 4) is 12.3 Å². The van der Waals surface area contributed by atoms with Crippen LogP contribution in [0.5, 0.6) is 0 Å². The maximum atomic E-state index is 6.03. The number of rotatable bonds is 8. The summed E-state index contributed by atoms with van der Waals surface area (Å²) < 4.78 is 6.03. The zero-order valence-electron chi connectivity index (χ0n) is 16.3. The maximum absolute atomic E-state index is 6.03. The van der Waals surface area contributed by atoms with Crippen LogP contribution in [-0.4, -0.2) is 26.3 Å². The van der Waals surface area contributed by atoms with Crippen molar-refractivity contribution < 1.29 is 4.74 Å². The molecule has 1 aliphatic rings. The van der Waals surface area contributed by atoms with Gasteiger partial charge in [-0.2, -0.15) is 0 Å². The van der Waals surface area contributed by atoms with Crippen LogP contribution in [0.25, 0.3) is 0 Å². The summed E-state index contributed by atoms with van der Waals surface area (Å²) in [5, 5.41) is 4.02. The Balaban J connectivity index is 0.00000277. The fraction of sp³-hybridized carbons (Fsp3) is 0.545. The van der Waals surface area contributed by atoms with Gasteiger partial charge in [-0.15, -0.1) is 6.42 Å². The summed E-state index contributed by atoms with van der Waals surface area (Å²) in [5.74, 6) is 2.44. The van der Waals surface area contributed by atoms with Gasteiger partial charge in [0.25, 0.3) is 0 Å². The molecule has 1 saturated heterocycles. The van der Waals surface area contributed by atoms with Crippen LogP contribution < -0.4 is 5.32 Å². The van der Waals surface area contributed by atoms with Crippen molar-refractivity contribution in [2.45, 2.75) is 47.0 Å². The van der Waals surface area contributed by atoms with Gasteiger partial charge in [0.15, 0.2) is 0 Å². The minimum atomic E-state index is 0.184. The van der Waals surface area contributed by atoms with Gasteiger partial charge >= 0.3 is 0 Å². The molecule has 0 amide bonds. The Morgan fingerprint density at radius 3 is 2.48 bits per heavy atom. The van der Waals surface area contributed by atoms with Crippen molar-refractivity contribution in [2.24, 2.45) is 5.41 Å². The van der Waals surface area contributed by atoms with Crippen LogP contribution in [0.1, 0.15) is 47.0 Å². The Labute approximate surface area is 160 Å². The third-order valence-electron chi connectivity index (χ3n) is 4.14. The lowest BCUT2D eigenvalue weighted by Crippen LogP contribution is -2.39. The molecule has 0 atom stereocenters. The smallest absolute Gasteiger partial charge is 0.0713 e. The number of hydrogen-bond acceptors (Lipinski definition) is 2. The minimum Gasteiger partial charge on any atom is -0.376 e. The van der Waals surface area contributed by atoms with Crippen LogP contribution in [0.2, 0.25) is 0 Å². The van der Waals surface area contributed by atoms with Gasteiger partial charge in [0.2, 0.25) is 0 Å². The number of piperidine rings is 1. The molecule has 0 radical (unpaired) electrons. The van der Waals surface area contributed by atoms with E-state index in [1.807, 2.05) is 39.8 Å². The second-order valence-corrected chi connectivity index (χ2v) is 6.35. The first-order valence-electron chi connectivity index (χ1n) is 9.20. The van der Waals surface area contributed by atoms with E-state index in [0.29, 0.717) is 11.6 Å². The van der Waals surface area contributed by atoms with Gasteiger partial charge in [-0.05, 0) is 63.3 Å². The highest BCUT2D eigenvalue weighted by molar-refractivity contribution is 6.31. The highest BCUT2D eigenvalue weighted by Gasteiger charge is 2.31. The number of hydrogen-bond donors (Lipinski definition) is 1. The van der Waals surface area contributed by atoms with Crippen LogP contribution in [-0.2, 0) is 4.74 Å². The molecule has 1 heterocycles. The fourth-order valence-electron chi connectivity index (χ4n) is 2.74. The molecule has 3 heteroatoms. The zero-order chi connectivity index (χ0) is 19.0. The lowest BCUT2D eigenvalue weighted by molar-refractivity contribution is 0.0370. The van der Waals surface area contributed by atoms with Gasteiger partial charge in [-0.3, -0.25) is 0 Å². The Kier molecular flexibility index (Phi) is 14.3. The molecule has 0 saturated carbocycles. The summed E-state index contributed by atoms with van der Waals surface area (Å²) >= 11 is 6.02. The first-order valence-corrected chi connectivity index (χ1v) is 9.58. The Morgan fingerprint density at radius 1 is 1.24 bits per heavy atom. The van der Waals surface area contributed by atoms with E-state index >= 15 is 0 Å². The second-order valence-electron chi connectivity index (χ2n) is 5.91. The molecule has 0 aromatic carbocycles. The van der Waals surface area contributed by atoms with E-state index in [4.69, 9.17) is 22.8 Å². The standard InChI is InChI=1S/C20H28ClNO.C2H6/c1-4-8-18(6-3)16-23-17-20(12-14-22-15-13-20)11-7-10-19(21)9-5-2;1-2/h2,4,6-10,22H,11-17H2,1,3H3;1-2H3/b8-4-,10-7-,18-6+,19-9+;. The average Bonchev–Trinajstić information content (AvgIpc) is 2.64. The molecule has 0 aromatic rings. The Morgan fingerprint density at radius 2 is 1.92 bits per heavy atom. The van der Waals surface area contributed by atoms with Crippen molar-refractivity contribution in [3.63, 3.8) is 0 Å². The molecular weight excluding hydrogens is 330 g/mol. The van der Waals surface area contributed by atoms with Crippen LogP contribution in [0.15, 0.2) is 47.1 Å². The molecular formula is C22H34ClNO. The quantitative estimate of drug-likeness (QED) is 0.446. The molecule has 0 aromatic heterocycles.